The van der Waals surface area contributed by atoms with Gasteiger partial charge in [-0.25, -0.2) is 9.97 Å². The van der Waals surface area contributed by atoms with Crippen molar-refractivity contribution < 1.29 is 0 Å². The van der Waals surface area contributed by atoms with Gasteiger partial charge in [0, 0.05) is 22.1 Å². The van der Waals surface area contributed by atoms with Gasteiger partial charge in [0.15, 0.2) is 0 Å². The summed E-state index contributed by atoms with van der Waals surface area (Å²) in [5, 5.41) is 4.14. The van der Waals surface area contributed by atoms with E-state index in [0.29, 0.717) is 0 Å². The third kappa shape index (κ3) is 2.88. The van der Waals surface area contributed by atoms with Crippen molar-refractivity contribution in [3.8, 4) is 0 Å². The lowest BCUT2D eigenvalue weighted by molar-refractivity contribution is 0.803. The molecule has 1 aromatic heterocycles. The number of aromatic nitrogens is 2. The van der Waals surface area contributed by atoms with Gasteiger partial charge in [0.05, 0.1) is 5.52 Å². The first-order valence-electron chi connectivity index (χ1n) is 5.61. The van der Waals surface area contributed by atoms with E-state index in [1.54, 1.807) is 6.33 Å². The average Bonchev–Trinajstić information content (AvgIpc) is 2.25. The van der Waals surface area contributed by atoms with Crippen LogP contribution >= 0.6 is 11.8 Å². The van der Waals surface area contributed by atoms with Crippen molar-refractivity contribution in [2.75, 3.05) is 12.4 Å². The Morgan fingerprint density at radius 3 is 2.59 bits per heavy atom. The molecular formula is C13H17N3S. The number of rotatable bonds is 2. The molecule has 1 heterocycles. The molecule has 2 aromatic rings. The van der Waals surface area contributed by atoms with Crippen molar-refractivity contribution in [1.82, 2.24) is 9.97 Å². The Labute approximate surface area is 106 Å². The molecule has 0 atom stereocenters. The van der Waals surface area contributed by atoms with Crippen LogP contribution in [0.25, 0.3) is 10.9 Å². The third-order valence-corrected chi connectivity index (χ3v) is 3.37. The van der Waals surface area contributed by atoms with Crippen molar-refractivity contribution in [1.29, 1.82) is 0 Å². The Bertz CT molecular complexity index is 532. The fourth-order valence-electron chi connectivity index (χ4n) is 1.65. The molecule has 0 radical (unpaired) electrons. The van der Waals surface area contributed by atoms with Crippen LogP contribution in [0, 0.1) is 0 Å². The van der Waals surface area contributed by atoms with Gasteiger partial charge in [-0.1, -0.05) is 20.8 Å². The Morgan fingerprint density at radius 2 is 1.94 bits per heavy atom. The smallest absolute Gasteiger partial charge is 0.137 e. The van der Waals surface area contributed by atoms with E-state index in [0.717, 1.165) is 16.7 Å². The molecule has 17 heavy (non-hydrogen) atoms. The second-order valence-corrected chi connectivity index (χ2v) is 6.77. The molecule has 2 rings (SSSR count). The number of hydrogen-bond acceptors (Lipinski definition) is 4. The maximum Gasteiger partial charge on any atom is 0.137 e. The van der Waals surface area contributed by atoms with Gasteiger partial charge in [-0.2, -0.15) is 0 Å². The fraction of sp³-hybridized carbons (Fsp3) is 0.385. The molecule has 1 N–H and O–H groups in total. The summed E-state index contributed by atoms with van der Waals surface area (Å²) in [6.45, 7) is 6.63. The third-order valence-electron chi connectivity index (χ3n) is 2.27. The molecule has 4 heteroatoms. The minimum Gasteiger partial charge on any atom is -0.373 e. The highest BCUT2D eigenvalue weighted by Gasteiger charge is 2.12. The van der Waals surface area contributed by atoms with Crippen molar-refractivity contribution >= 4 is 28.5 Å². The molecule has 0 aliphatic carbocycles. The van der Waals surface area contributed by atoms with Crippen molar-refractivity contribution in [2.45, 2.75) is 30.4 Å². The van der Waals surface area contributed by atoms with E-state index in [4.69, 9.17) is 0 Å². The maximum atomic E-state index is 4.32. The summed E-state index contributed by atoms with van der Waals surface area (Å²) < 4.78 is 0.215. The Kier molecular flexibility index (Phi) is 3.24. The second-order valence-electron chi connectivity index (χ2n) is 4.87. The average molecular weight is 247 g/mol. The van der Waals surface area contributed by atoms with Crippen molar-refractivity contribution in [3.63, 3.8) is 0 Å². The first-order chi connectivity index (χ1) is 7.99. The molecule has 0 saturated heterocycles. The van der Waals surface area contributed by atoms with Gasteiger partial charge >= 0.3 is 0 Å². The molecule has 0 unspecified atom stereocenters. The highest BCUT2D eigenvalue weighted by molar-refractivity contribution is 8.00. The lowest BCUT2D eigenvalue weighted by Crippen LogP contribution is -2.06. The zero-order valence-corrected chi connectivity index (χ0v) is 11.4. The van der Waals surface area contributed by atoms with Gasteiger partial charge in [-0.05, 0) is 18.2 Å². The molecule has 1 aromatic carbocycles. The van der Waals surface area contributed by atoms with Crippen LogP contribution in [0.2, 0.25) is 0 Å². The molecule has 0 bridgehead atoms. The zero-order valence-electron chi connectivity index (χ0n) is 10.6. The van der Waals surface area contributed by atoms with Gasteiger partial charge in [0.25, 0.3) is 0 Å². The van der Waals surface area contributed by atoms with Gasteiger partial charge < -0.3 is 5.32 Å². The summed E-state index contributed by atoms with van der Waals surface area (Å²) in [5.74, 6) is 0.877. The highest BCUT2D eigenvalue weighted by Crippen LogP contribution is 2.33. The second kappa shape index (κ2) is 4.53. The molecule has 0 amide bonds. The van der Waals surface area contributed by atoms with Crippen LogP contribution in [-0.4, -0.2) is 21.8 Å². The van der Waals surface area contributed by atoms with Crippen LogP contribution in [0.1, 0.15) is 20.8 Å². The van der Waals surface area contributed by atoms with E-state index in [-0.39, 0.29) is 4.75 Å². The lowest BCUT2D eigenvalue weighted by Gasteiger charge is -2.17. The summed E-state index contributed by atoms with van der Waals surface area (Å²) >= 11 is 1.85. The normalized spacial score (nSPS) is 11.8. The Morgan fingerprint density at radius 1 is 1.18 bits per heavy atom. The molecule has 0 spiro atoms. The van der Waals surface area contributed by atoms with Crippen LogP contribution in [0.15, 0.2) is 29.4 Å². The van der Waals surface area contributed by atoms with E-state index >= 15 is 0 Å². The first-order valence-corrected chi connectivity index (χ1v) is 6.43. The van der Waals surface area contributed by atoms with Crippen LogP contribution in [0.4, 0.5) is 5.82 Å². The number of nitrogens with one attached hydrogen (secondary N) is 1. The van der Waals surface area contributed by atoms with E-state index in [1.165, 1.54) is 4.90 Å². The van der Waals surface area contributed by atoms with E-state index < -0.39 is 0 Å². The molecule has 3 nitrogen and oxygen atoms in total. The summed E-state index contributed by atoms with van der Waals surface area (Å²) in [6.07, 6.45) is 1.60. The van der Waals surface area contributed by atoms with Gasteiger partial charge in [0.2, 0.25) is 0 Å². The number of anilines is 1. The summed E-state index contributed by atoms with van der Waals surface area (Å²) in [5.41, 5.74) is 0.985. The molecular weight excluding hydrogens is 230 g/mol. The van der Waals surface area contributed by atoms with E-state index in [2.05, 4.69) is 54.3 Å². The van der Waals surface area contributed by atoms with Crippen LogP contribution in [0.3, 0.4) is 0 Å². The quantitative estimate of drug-likeness (QED) is 0.823. The topological polar surface area (TPSA) is 37.8 Å². The minimum absolute atomic E-state index is 0.215. The van der Waals surface area contributed by atoms with E-state index in [9.17, 15) is 0 Å². The largest absolute Gasteiger partial charge is 0.373 e. The Balaban J connectivity index is 2.45. The summed E-state index contributed by atoms with van der Waals surface area (Å²) in [7, 11) is 1.87. The lowest BCUT2D eigenvalue weighted by atomic mass is 10.2. The SMILES string of the molecule is CNc1ncnc2cc(SC(C)(C)C)ccc12. The maximum absolute atomic E-state index is 4.32. The van der Waals surface area contributed by atoms with Gasteiger partial charge in [-0.15, -0.1) is 11.8 Å². The predicted molar refractivity (Wildman–Crippen MR) is 74.7 cm³/mol. The highest BCUT2D eigenvalue weighted by atomic mass is 32.2. The number of thioether (sulfide) groups is 1. The summed E-state index contributed by atoms with van der Waals surface area (Å²) in [6, 6.07) is 6.32. The van der Waals surface area contributed by atoms with Crippen molar-refractivity contribution in [2.24, 2.45) is 0 Å². The monoisotopic (exact) mass is 247 g/mol. The molecule has 0 fully saturated rings. The molecule has 0 saturated carbocycles. The number of fused-ring (bicyclic) bond motifs is 1. The molecule has 0 aliphatic rings. The summed E-state index contributed by atoms with van der Waals surface area (Å²) in [4.78, 5) is 9.76. The van der Waals surface area contributed by atoms with Gasteiger partial charge in [0.1, 0.15) is 12.1 Å². The fourth-order valence-corrected chi connectivity index (χ4v) is 2.67. The zero-order chi connectivity index (χ0) is 12.5. The standard InChI is InChI=1S/C13H17N3S/c1-13(2,3)17-9-5-6-10-11(7-9)15-8-16-12(10)14-4/h5-8H,1-4H3,(H,14,15,16). The number of nitrogens with zero attached hydrogens (tertiary/aromatic N) is 2. The van der Waals surface area contributed by atoms with E-state index in [1.807, 2.05) is 18.8 Å². The van der Waals surface area contributed by atoms with Gasteiger partial charge in [-0.3, -0.25) is 0 Å². The number of benzene rings is 1. The first kappa shape index (κ1) is 12.2. The predicted octanol–water partition coefficient (Wildman–Crippen LogP) is 3.56. The van der Waals surface area contributed by atoms with Crippen LogP contribution in [-0.2, 0) is 0 Å². The van der Waals surface area contributed by atoms with Crippen LogP contribution in [0.5, 0.6) is 0 Å². The molecule has 90 valence electrons. The molecule has 0 aliphatic heterocycles. The Hall–Kier alpha value is -1.29. The number of hydrogen-bond donors (Lipinski definition) is 1. The van der Waals surface area contributed by atoms with Crippen LogP contribution < -0.4 is 5.32 Å². The van der Waals surface area contributed by atoms with Crippen molar-refractivity contribution in [3.05, 3.63) is 24.5 Å². The minimum atomic E-state index is 0.215.